The first-order valence-electron chi connectivity index (χ1n) is 15.5. The van der Waals surface area contributed by atoms with Crippen LogP contribution in [-0.4, -0.2) is 17.9 Å². The van der Waals surface area contributed by atoms with Gasteiger partial charge in [-0.05, 0) is 48.5 Å². The molecule has 5 heteroatoms. The monoisotopic (exact) mass is 654 g/mol. The van der Waals surface area contributed by atoms with Gasteiger partial charge in [-0.1, -0.05) is 140 Å². The average molecular weight is 655 g/mol. The number of carbonyl (C=O) groups is 2. The second-order valence-corrected chi connectivity index (χ2v) is 15.0. The van der Waals surface area contributed by atoms with E-state index in [4.69, 9.17) is 4.74 Å². The van der Waals surface area contributed by atoms with Crippen molar-refractivity contribution in [2.45, 2.75) is 12.5 Å². The minimum atomic E-state index is -2.42. The number of rotatable bonds is 11. The fraction of sp³-hybridized carbons (Fsp3) is 0.0952. The minimum Gasteiger partial charge on any atom is -1.00 e. The van der Waals surface area contributed by atoms with E-state index in [0.29, 0.717) is 22.9 Å². The summed E-state index contributed by atoms with van der Waals surface area (Å²) in [5.74, 6) is -1.24. The number of esters is 1. The van der Waals surface area contributed by atoms with Crippen LogP contribution in [0.1, 0.15) is 33.2 Å². The van der Waals surface area contributed by atoms with Gasteiger partial charge in [-0.15, -0.1) is 0 Å². The summed E-state index contributed by atoms with van der Waals surface area (Å²) in [7, 11) is -2.42. The van der Waals surface area contributed by atoms with E-state index in [0.717, 1.165) is 0 Å². The highest BCUT2D eigenvalue weighted by Crippen LogP contribution is 2.59. The van der Waals surface area contributed by atoms with E-state index >= 15 is 4.79 Å². The smallest absolute Gasteiger partial charge is 0.339 e. The van der Waals surface area contributed by atoms with Crippen molar-refractivity contribution in [2.75, 3.05) is 6.16 Å². The van der Waals surface area contributed by atoms with E-state index in [1.165, 1.54) is 15.9 Å². The van der Waals surface area contributed by atoms with Crippen LogP contribution >= 0.6 is 7.26 Å². The Bertz CT molecular complexity index is 1770. The van der Waals surface area contributed by atoms with Crippen LogP contribution in [0.4, 0.5) is 0 Å². The lowest BCUT2D eigenvalue weighted by molar-refractivity contribution is -0.0310. The van der Waals surface area contributed by atoms with Crippen LogP contribution in [0.15, 0.2) is 182 Å². The summed E-state index contributed by atoms with van der Waals surface area (Å²) in [6.45, 7) is 2.07. The Morgan fingerprint density at radius 1 is 0.532 bits per heavy atom. The van der Waals surface area contributed by atoms with Crippen molar-refractivity contribution in [1.29, 1.82) is 0 Å². The molecular formula is C42H36ClO3P. The molecule has 6 aromatic rings. The Morgan fingerprint density at radius 2 is 0.872 bits per heavy atom. The third kappa shape index (κ3) is 6.69. The highest BCUT2D eigenvalue weighted by Gasteiger charge is 2.56. The van der Waals surface area contributed by atoms with Crippen LogP contribution in [0.5, 0.6) is 0 Å². The van der Waals surface area contributed by atoms with Gasteiger partial charge >= 0.3 is 5.97 Å². The van der Waals surface area contributed by atoms with Gasteiger partial charge in [0.25, 0.3) is 0 Å². The van der Waals surface area contributed by atoms with Crippen LogP contribution in [0.25, 0.3) is 0 Å². The predicted octanol–water partition coefficient (Wildman–Crippen LogP) is 5.26. The summed E-state index contributed by atoms with van der Waals surface area (Å²) in [5, 5.41) is 3.59. The first-order valence-corrected chi connectivity index (χ1v) is 17.5. The number of ether oxygens (including phenoxy) is 1. The molecule has 3 nitrogen and oxygen atoms in total. The summed E-state index contributed by atoms with van der Waals surface area (Å²) in [5.41, 5.74) is -0.0970. The summed E-state index contributed by atoms with van der Waals surface area (Å²) in [4.78, 5) is 29.2. The van der Waals surface area contributed by atoms with Crippen molar-refractivity contribution >= 4 is 34.9 Å². The number of halogens is 1. The largest absolute Gasteiger partial charge is 1.00 e. The van der Waals surface area contributed by atoms with E-state index in [1.807, 2.05) is 72.8 Å². The van der Waals surface area contributed by atoms with Crippen molar-refractivity contribution < 1.29 is 26.7 Å². The summed E-state index contributed by atoms with van der Waals surface area (Å²) in [6, 6.07) is 59.4. The number of Topliss-reactive ketones (excluding diaryl/α,β-unsaturated/α-hetero) is 1. The van der Waals surface area contributed by atoms with E-state index in [-0.39, 0.29) is 18.2 Å². The molecule has 0 spiro atoms. The highest BCUT2D eigenvalue weighted by atomic mass is 35.5. The standard InChI is InChI=1S/C42H36O3P.ClH/c1-33(32-46(37-26-14-5-15-27-37,38-28-16-6-17-29-38)39-30-18-7-19-31-39)42(36-24-12-4-13-25-36,40(43)34-20-8-2-9-21-34)45-41(44)35-22-10-3-11-23-35;/h2-31,33H,32H2,1H3;1H/q+1;/p-1/t33-,42+;/m0./s1. The minimum absolute atomic E-state index is 0. The van der Waals surface area contributed by atoms with Crippen molar-refractivity contribution in [2.24, 2.45) is 5.92 Å². The van der Waals surface area contributed by atoms with Crippen LogP contribution < -0.4 is 28.3 Å². The molecule has 0 aliphatic carbocycles. The Labute approximate surface area is 284 Å². The number of carbonyl (C=O) groups excluding carboxylic acids is 2. The molecule has 0 bridgehead atoms. The van der Waals surface area contributed by atoms with Gasteiger partial charge in [0.05, 0.1) is 11.7 Å². The topological polar surface area (TPSA) is 43.4 Å². The fourth-order valence-corrected chi connectivity index (χ4v) is 11.1. The SMILES string of the molecule is C[C@@H](C[P+](c1ccccc1)(c1ccccc1)c1ccccc1)[C@](OC(=O)c1ccccc1)(C(=O)c1ccccc1)c1ccccc1.[Cl-]. The van der Waals surface area contributed by atoms with E-state index < -0.39 is 24.8 Å². The molecular weight excluding hydrogens is 619 g/mol. The first kappa shape index (κ1) is 33.5. The summed E-state index contributed by atoms with van der Waals surface area (Å²) < 4.78 is 6.67. The van der Waals surface area contributed by atoms with E-state index in [1.54, 1.807) is 36.4 Å². The lowest BCUT2D eigenvalue weighted by Gasteiger charge is -2.40. The number of benzene rings is 6. The van der Waals surface area contributed by atoms with Crippen LogP contribution in [-0.2, 0) is 10.3 Å². The van der Waals surface area contributed by atoms with Crippen LogP contribution in [0, 0.1) is 5.92 Å². The van der Waals surface area contributed by atoms with Gasteiger partial charge < -0.3 is 17.1 Å². The van der Waals surface area contributed by atoms with Gasteiger partial charge in [-0.2, -0.15) is 0 Å². The van der Waals surface area contributed by atoms with Gasteiger partial charge in [0.1, 0.15) is 23.2 Å². The second-order valence-electron chi connectivity index (χ2n) is 11.5. The maximum atomic E-state index is 15.1. The van der Waals surface area contributed by atoms with Crippen molar-refractivity contribution in [1.82, 2.24) is 0 Å². The van der Waals surface area contributed by atoms with Crippen molar-refractivity contribution in [3.8, 4) is 0 Å². The fourth-order valence-electron chi connectivity index (χ4n) is 6.46. The maximum Gasteiger partial charge on any atom is 0.339 e. The third-order valence-corrected chi connectivity index (χ3v) is 13.3. The van der Waals surface area contributed by atoms with Gasteiger partial charge in [-0.25, -0.2) is 4.79 Å². The Balaban J connectivity index is 0.00000433. The molecule has 0 amide bonds. The molecule has 0 aliphatic rings. The zero-order valence-electron chi connectivity index (χ0n) is 26.2. The molecule has 0 saturated carbocycles. The molecule has 47 heavy (non-hydrogen) atoms. The van der Waals surface area contributed by atoms with Crippen LogP contribution in [0.3, 0.4) is 0 Å². The van der Waals surface area contributed by atoms with E-state index in [2.05, 4.69) is 79.7 Å². The molecule has 6 rings (SSSR count). The lowest BCUT2D eigenvalue weighted by atomic mass is 9.77. The molecule has 0 heterocycles. The van der Waals surface area contributed by atoms with Gasteiger partial charge in [0.15, 0.2) is 0 Å². The molecule has 0 saturated heterocycles. The van der Waals surface area contributed by atoms with Gasteiger partial charge in [0, 0.05) is 17.0 Å². The number of ketones is 1. The number of hydrogen-bond donors (Lipinski definition) is 0. The van der Waals surface area contributed by atoms with Gasteiger partial charge in [-0.3, -0.25) is 4.79 Å². The Hall–Kier alpha value is -4.82. The van der Waals surface area contributed by atoms with Crippen LogP contribution in [0.2, 0.25) is 0 Å². The lowest BCUT2D eigenvalue weighted by Crippen LogP contribution is -3.00. The second kappa shape index (κ2) is 15.2. The quantitative estimate of drug-likeness (QED) is 0.109. The molecule has 0 aromatic heterocycles. The normalized spacial score (nSPS) is 13.0. The summed E-state index contributed by atoms with van der Waals surface area (Å²) >= 11 is 0. The van der Waals surface area contributed by atoms with Gasteiger partial charge in [0.2, 0.25) is 11.4 Å². The van der Waals surface area contributed by atoms with Crippen molar-refractivity contribution in [3.05, 3.63) is 199 Å². The molecule has 6 aromatic carbocycles. The number of hydrogen-bond acceptors (Lipinski definition) is 3. The molecule has 0 aliphatic heterocycles. The Morgan fingerprint density at radius 3 is 1.28 bits per heavy atom. The van der Waals surface area contributed by atoms with E-state index in [9.17, 15) is 4.79 Å². The molecule has 2 atom stereocenters. The maximum absolute atomic E-state index is 15.1. The third-order valence-electron chi connectivity index (χ3n) is 8.67. The zero-order chi connectivity index (χ0) is 31.8. The Kier molecular flexibility index (Phi) is 10.8. The molecule has 0 unspecified atom stereocenters. The molecule has 0 radical (unpaired) electrons. The molecule has 234 valence electrons. The summed E-state index contributed by atoms with van der Waals surface area (Å²) in [6.07, 6.45) is 0.570. The zero-order valence-corrected chi connectivity index (χ0v) is 27.8. The van der Waals surface area contributed by atoms with Crippen molar-refractivity contribution in [3.63, 3.8) is 0 Å². The molecule has 0 fully saturated rings. The average Bonchev–Trinajstić information content (AvgIpc) is 3.14. The predicted molar refractivity (Wildman–Crippen MR) is 190 cm³/mol. The molecule has 0 N–H and O–H groups in total. The highest BCUT2D eigenvalue weighted by molar-refractivity contribution is 7.95. The first-order chi connectivity index (χ1) is 22.6.